The van der Waals surface area contributed by atoms with Crippen LogP contribution in [0.5, 0.6) is 0 Å². The van der Waals surface area contributed by atoms with Gasteiger partial charge < -0.3 is 4.74 Å². The van der Waals surface area contributed by atoms with Crippen molar-refractivity contribution in [1.82, 2.24) is 0 Å². The van der Waals surface area contributed by atoms with Crippen molar-refractivity contribution in [2.75, 3.05) is 0 Å². The third-order valence-electron chi connectivity index (χ3n) is 9.95. The normalized spacial score (nSPS) is 41.0. The molecule has 6 aliphatic carbocycles. The molecule has 0 aromatic carbocycles. The number of esters is 1. The van der Waals surface area contributed by atoms with Gasteiger partial charge in [-0.3, -0.25) is 9.59 Å². The van der Waals surface area contributed by atoms with Crippen LogP contribution < -0.4 is 0 Å². The summed E-state index contributed by atoms with van der Waals surface area (Å²) in [7, 11) is 0. The fourth-order valence-corrected chi connectivity index (χ4v) is 8.60. The zero-order chi connectivity index (χ0) is 24.8. The molecule has 35 heavy (non-hydrogen) atoms. The second-order valence-electron chi connectivity index (χ2n) is 12.1. The number of ketones is 1. The molecule has 0 radical (unpaired) electrons. The van der Waals surface area contributed by atoms with Gasteiger partial charge >= 0.3 is 5.97 Å². The Hall–Kier alpha value is -1.42. The van der Waals surface area contributed by atoms with Gasteiger partial charge in [-0.05, 0) is 113 Å². The van der Waals surface area contributed by atoms with E-state index in [1.165, 1.54) is 51.4 Å². The summed E-state index contributed by atoms with van der Waals surface area (Å²) >= 11 is 4.87. The van der Waals surface area contributed by atoms with Gasteiger partial charge in [0.2, 0.25) is 5.24 Å². The van der Waals surface area contributed by atoms with Gasteiger partial charge in [-0.2, -0.15) is 0 Å². The number of ether oxygens (including phenoxy) is 1. The Kier molecular flexibility index (Phi) is 8.77. The molecule has 0 spiro atoms. The number of rotatable bonds is 3. The van der Waals surface area contributed by atoms with Gasteiger partial charge in [0.25, 0.3) is 0 Å². The maximum atomic E-state index is 11.8. The van der Waals surface area contributed by atoms with Crippen LogP contribution in [0.25, 0.3) is 0 Å². The van der Waals surface area contributed by atoms with Crippen molar-refractivity contribution in [2.24, 2.45) is 47.3 Å². The minimum atomic E-state index is -0.463. The van der Waals surface area contributed by atoms with Crippen LogP contribution in [0.2, 0.25) is 0 Å². The van der Waals surface area contributed by atoms with Crippen LogP contribution >= 0.6 is 11.6 Å². The van der Waals surface area contributed by atoms with Crippen molar-refractivity contribution in [1.29, 1.82) is 0 Å². The maximum absolute atomic E-state index is 11.8. The first-order valence-corrected chi connectivity index (χ1v) is 13.7. The van der Waals surface area contributed by atoms with Crippen molar-refractivity contribution < 1.29 is 19.1 Å². The average Bonchev–Trinajstić information content (AvgIpc) is 3.55. The van der Waals surface area contributed by atoms with Crippen molar-refractivity contribution in [2.45, 2.75) is 98.0 Å². The van der Waals surface area contributed by atoms with E-state index in [1.807, 2.05) is 0 Å². The topological polar surface area (TPSA) is 60.4 Å². The molecule has 6 rings (SSSR count). The van der Waals surface area contributed by atoms with Crippen LogP contribution in [0, 0.1) is 47.3 Å². The van der Waals surface area contributed by atoms with Gasteiger partial charge in [-0.1, -0.05) is 33.4 Å². The molecule has 9 unspecified atom stereocenters. The molecular formula is C30H45ClO4. The van der Waals surface area contributed by atoms with Crippen LogP contribution in [0.3, 0.4) is 0 Å². The summed E-state index contributed by atoms with van der Waals surface area (Å²) in [6.45, 7) is 12.4. The number of allylic oxidation sites excluding steroid dienone is 1. The number of hydrogen-bond donors (Lipinski definition) is 0. The molecule has 0 aliphatic heterocycles. The fourth-order valence-electron chi connectivity index (χ4n) is 8.60. The molecule has 9 atom stereocenters. The van der Waals surface area contributed by atoms with Crippen molar-refractivity contribution in [3.05, 3.63) is 24.3 Å². The molecule has 0 N–H and O–H groups in total. The van der Waals surface area contributed by atoms with Gasteiger partial charge in [0.05, 0.1) is 0 Å². The first-order valence-electron chi connectivity index (χ1n) is 13.3. The predicted molar refractivity (Wildman–Crippen MR) is 141 cm³/mol. The summed E-state index contributed by atoms with van der Waals surface area (Å²) in [4.78, 5) is 32.9. The number of carbonyl (C=O) groups excluding carboxylic acids is 3. The van der Waals surface area contributed by atoms with Crippen LogP contribution in [0.1, 0.15) is 92.4 Å². The van der Waals surface area contributed by atoms with Crippen LogP contribution in [-0.4, -0.2) is 22.6 Å². The number of Topliss-reactive ketones (excluding diaryl/α,β-unsaturated/α-hetero) is 1. The molecule has 6 saturated carbocycles. The van der Waals surface area contributed by atoms with Gasteiger partial charge in [-0.15, -0.1) is 0 Å². The molecule has 5 heteroatoms. The van der Waals surface area contributed by atoms with E-state index >= 15 is 0 Å². The van der Waals surface area contributed by atoms with E-state index in [1.54, 1.807) is 13.8 Å². The molecule has 0 heterocycles. The standard InChI is InChI=1S/C15H22O2.C10H14O.C4H5ClO.CH4/c1-9(2)14(16)17-15(3)8-10-7-13(15)12-6-4-5-11(10)12;11-10-5-6-4-9(10)8-3-1-2-7(6)8;1-3(2)4(5)6;/h10-13H,1,4-8H2,2-3H3;6-9H,1-5H2;1H2,2H3;1H4. The number of fused-ring (bicyclic) bond motifs is 10. The van der Waals surface area contributed by atoms with Crippen LogP contribution in [-0.2, 0) is 19.1 Å². The van der Waals surface area contributed by atoms with E-state index in [4.69, 9.17) is 16.3 Å². The lowest BCUT2D eigenvalue weighted by Crippen LogP contribution is -2.42. The molecular weight excluding hydrogens is 460 g/mol. The highest BCUT2D eigenvalue weighted by Gasteiger charge is 2.60. The monoisotopic (exact) mass is 504 g/mol. The highest BCUT2D eigenvalue weighted by Crippen LogP contribution is 2.63. The van der Waals surface area contributed by atoms with E-state index in [9.17, 15) is 14.4 Å². The van der Waals surface area contributed by atoms with E-state index in [0.29, 0.717) is 28.8 Å². The maximum Gasteiger partial charge on any atom is 0.333 e. The van der Waals surface area contributed by atoms with Gasteiger partial charge in [0, 0.05) is 29.4 Å². The number of hydrogen-bond acceptors (Lipinski definition) is 4. The smallest absolute Gasteiger partial charge is 0.333 e. The van der Waals surface area contributed by atoms with Crippen LogP contribution in [0.15, 0.2) is 24.3 Å². The fraction of sp³-hybridized carbons (Fsp3) is 0.767. The lowest BCUT2D eigenvalue weighted by atomic mass is 9.73. The van der Waals surface area contributed by atoms with Crippen molar-refractivity contribution in [3.63, 3.8) is 0 Å². The zero-order valence-electron chi connectivity index (χ0n) is 21.1. The van der Waals surface area contributed by atoms with Gasteiger partial charge in [0.15, 0.2) is 0 Å². The summed E-state index contributed by atoms with van der Waals surface area (Å²) in [6.07, 6.45) is 12.9. The Labute approximate surface area is 217 Å². The molecule has 0 amide bonds. The van der Waals surface area contributed by atoms with E-state index in [0.717, 1.165) is 48.3 Å². The molecule has 4 bridgehead atoms. The first-order chi connectivity index (χ1) is 16.0. The molecule has 0 saturated heterocycles. The lowest BCUT2D eigenvalue weighted by Gasteiger charge is -2.39. The Morgan fingerprint density at radius 1 is 0.914 bits per heavy atom. The Bertz CT molecular complexity index is 866. The predicted octanol–water partition coefficient (Wildman–Crippen LogP) is 7.30. The zero-order valence-corrected chi connectivity index (χ0v) is 21.9. The SMILES string of the molecule is C.C=C(C)C(=O)Cl.C=C(C)C(=O)OC1(C)CC2CC1C1CCCC21.O=C1CC2CC1C1CCCC21. The second kappa shape index (κ2) is 10.9. The summed E-state index contributed by atoms with van der Waals surface area (Å²) in [5.41, 5.74) is 0.709. The van der Waals surface area contributed by atoms with Crippen molar-refractivity contribution in [3.8, 4) is 0 Å². The molecule has 196 valence electrons. The Morgan fingerprint density at radius 2 is 1.46 bits per heavy atom. The molecule has 6 aliphatic rings. The number of halogens is 1. The van der Waals surface area contributed by atoms with Gasteiger partial charge in [0.1, 0.15) is 11.4 Å². The Balaban J connectivity index is 0.000000164. The third kappa shape index (κ3) is 5.48. The highest BCUT2D eigenvalue weighted by molar-refractivity contribution is 6.67. The summed E-state index contributed by atoms with van der Waals surface area (Å²) in [5.74, 6) is 6.74. The minimum absolute atomic E-state index is 0. The molecule has 6 fully saturated rings. The lowest BCUT2D eigenvalue weighted by molar-refractivity contribution is -0.161. The summed E-state index contributed by atoms with van der Waals surface area (Å²) < 4.78 is 5.76. The number of carbonyl (C=O) groups is 3. The molecule has 4 nitrogen and oxygen atoms in total. The molecule has 0 aromatic heterocycles. The summed E-state index contributed by atoms with van der Waals surface area (Å²) in [6, 6.07) is 0. The average molecular weight is 505 g/mol. The third-order valence-corrected chi connectivity index (χ3v) is 10.3. The van der Waals surface area contributed by atoms with E-state index < -0.39 is 5.24 Å². The molecule has 0 aromatic rings. The minimum Gasteiger partial charge on any atom is -0.456 e. The quantitative estimate of drug-likeness (QED) is 0.230. The van der Waals surface area contributed by atoms with Crippen molar-refractivity contribution >= 4 is 28.6 Å². The second-order valence-corrected chi connectivity index (χ2v) is 12.5. The Morgan fingerprint density at radius 3 is 2.03 bits per heavy atom. The summed E-state index contributed by atoms with van der Waals surface area (Å²) in [5, 5.41) is -0.463. The van der Waals surface area contributed by atoms with E-state index in [2.05, 4.69) is 20.1 Å². The van der Waals surface area contributed by atoms with Crippen LogP contribution in [0.4, 0.5) is 0 Å². The van der Waals surface area contributed by atoms with Gasteiger partial charge in [-0.25, -0.2) is 4.79 Å². The van der Waals surface area contributed by atoms with E-state index in [-0.39, 0.29) is 19.0 Å². The largest absolute Gasteiger partial charge is 0.456 e. The highest BCUT2D eigenvalue weighted by atomic mass is 35.5. The first kappa shape index (κ1) is 28.2.